The Labute approximate surface area is 81.0 Å². The number of carbonyl (C=O) groups is 1. The average molecular weight is 187 g/mol. The van der Waals surface area contributed by atoms with Gasteiger partial charge >= 0.3 is 0 Å². The molecule has 0 aliphatic heterocycles. The normalized spacial score (nSPS) is 10.0. The van der Waals surface area contributed by atoms with Gasteiger partial charge < -0.3 is 10.3 Å². The molecule has 1 amide bonds. The molecular weight excluding hydrogens is 178 g/mol. The van der Waals surface area contributed by atoms with Crippen LogP contribution in [0.15, 0.2) is 43.0 Å². The number of nitrogens with zero attached hydrogens (tertiary/aromatic N) is 2. The Morgan fingerprint density at radius 1 is 1.36 bits per heavy atom. The van der Waals surface area contributed by atoms with E-state index in [1.807, 2.05) is 12.1 Å². The number of aromatic nitrogens is 2. The van der Waals surface area contributed by atoms with Gasteiger partial charge in [0, 0.05) is 12.4 Å². The van der Waals surface area contributed by atoms with Crippen LogP contribution in [0.5, 0.6) is 0 Å². The summed E-state index contributed by atoms with van der Waals surface area (Å²) in [4.78, 5) is 15.0. The zero-order valence-corrected chi connectivity index (χ0v) is 7.42. The van der Waals surface area contributed by atoms with E-state index in [9.17, 15) is 4.79 Å². The SMILES string of the molecule is NC(=O)c1ccccc1-n1ccnc1. The monoisotopic (exact) mass is 187 g/mol. The van der Waals surface area contributed by atoms with Crippen molar-refractivity contribution in [2.24, 2.45) is 5.73 Å². The average Bonchev–Trinajstić information content (AvgIpc) is 2.70. The summed E-state index contributed by atoms with van der Waals surface area (Å²) in [7, 11) is 0. The van der Waals surface area contributed by atoms with Gasteiger partial charge in [0.2, 0.25) is 0 Å². The molecule has 0 aliphatic carbocycles. The molecule has 0 spiro atoms. The number of para-hydroxylation sites is 1. The summed E-state index contributed by atoms with van der Waals surface area (Å²) >= 11 is 0. The molecule has 2 aromatic rings. The molecule has 0 unspecified atom stereocenters. The first kappa shape index (κ1) is 8.50. The number of carbonyl (C=O) groups excluding carboxylic acids is 1. The summed E-state index contributed by atoms with van der Waals surface area (Å²) in [6, 6.07) is 7.14. The lowest BCUT2D eigenvalue weighted by Gasteiger charge is -2.05. The highest BCUT2D eigenvalue weighted by Crippen LogP contribution is 2.12. The molecule has 2 rings (SSSR count). The van der Waals surface area contributed by atoms with Crippen LogP contribution in [0, 0.1) is 0 Å². The zero-order valence-electron chi connectivity index (χ0n) is 7.42. The fourth-order valence-electron chi connectivity index (χ4n) is 1.31. The van der Waals surface area contributed by atoms with Crippen LogP contribution in [0.1, 0.15) is 10.4 Å². The maximum absolute atomic E-state index is 11.1. The maximum Gasteiger partial charge on any atom is 0.250 e. The molecule has 4 heteroatoms. The Bertz CT molecular complexity index is 448. The molecule has 0 bridgehead atoms. The van der Waals surface area contributed by atoms with Gasteiger partial charge in [-0.3, -0.25) is 4.79 Å². The van der Waals surface area contributed by atoms with Crippen molar-refractivity contribution in [2.45, 2.75) is 0 Å². The number of amides is 1. The lowest BCUT2D eigenvalue weighted by atomic mass is 10.1. The van der Waals surface area contributed by atoms with Gasteiger partial charge in [0.15, 0.2) is 0 Å². The molecule has 0 fully saturated rings. The van der Waals surface area contributed by atoms with E-state index in [2.05, 4.69) is 4.98 Å². The molecule has 14 heavy (non-hydrogen) atoms. The molecule has 0 saturated heterocycles. The summed E-state index contributed by atoms with van der Waals surface area (Å²) in [5.41, 5.74) is 6.49. The summed E-state index contributed by atoms with van der Waals surface area (Å²) in [5, 5.41) is 0. The largest absolute Gasteiger partial charge is 0.366 e. The molecule has 0 aliphatic rings. The van der Waals surface area contributed by atoms with E-state index in [1.54, 1.807) is 35.4 Å². The minimum atomic E-state index is -0.436. The summed E-state index contributed by atoms with van der Waals surface area (Å²) in [5.74, 6) is -0.436. The first-order valence-electron chi connectivity index (χ1n) is 4.16. The van der Waals surface area contributed by atoms with Crippen molar-refractivity contribution in [3.63, 3.8) is 0 Å². The predicted octanol–water partition coefficient (Wildman–Crippen LogP) is 0.971. The minimum Gasteiger partial charge on any atom is -0.366 e. The smallest absolute Gasteiger partial charge is 0.250 e. The molecule has 0 atom stereocenters. The first-order valence-corrected chi connectivity index (χ1v) is 4.16. The van der Waals surface area contributed by atoms with Crippen molar-refractivity contribution in [2.75, 3.05) is 0 Å². The number of hydrogen-bond acceptors (Lipinski definition) is 2. The fourth-order valence-corrected chi connectivity index (χ4v) is 1.31. The Kier molecular flexibility index (Phi) is 2.02. The van der Waals surface area contributed by atoms with Crippen molar-refractivity contribution >= 4 is 5.91 Å². The van der Waals surface area contributed by atoms with Gasteiger partial charge in [-0.1, -0.05) is 12.1 Å². The first-order chi connectivity index (χ1) is 6.79. The van der Waals surface area contributed by atoms with Crippen LogP contribution in [0.25, 0.3) is 5.69 Å². The number of hydrogen-bond donors (Lipinski definition) is 1. The summed E-state index contributed by atoms with van der Waals surface area (Å²) < 4.78 is 1.75. The van der Waals surface area contributed by atoms with Crippen LogP contribution in [-0.2, 0) is 0 Å². The van der Waals surface area contributed by atoms with E-state index in [0.29, 0.717) is 5.56 Å². The lowest BCUT2D eigenvalue weighted by molar-refractivity contribution is 0.100. The molecule has 1 aromatic heterocycles. The van der Waals surface area contributed by atoms with E-state index >= 15 is 0 Å². The fraction of sp³-hybridized carbons (Fsp3) is 0. The number of benzene rings is 1. The molecule has 4 nitrogen and oxygen atoms in total. The Balaban J connectivity index is 2.58. The highest BCUT2D eigenvalue weighted by atomic mass is 16.1. The van der Waals surface area contributed by atoms with Gasteiger partial charge in [-0.05, 0) is 12.1 Å². The van der Waals surface area contributed by atoms with Crippen LogP contribution in [0.2, 0.25) is 0 Å². The third-order valence-corrected chi connectivity index (χ3v) is 1.95. The van der Waals surface area contributed by atoms with Gasteiger partial charge in [0.1, 0.15) is 0 Å². The highest BCUT2D eigenvalue weighted by Gasteiger charge is 2.07. The topological polar surface area (TPSA) is 60.9 Å². The molecule has 1 heterocycles. The van der Waals surface area contributed by atoms with Gasteiger partial charge in [0.05, 0.1) is 17.6 Å². The standard InChI is InChI=1S/C10H9N3O/c11-10(14)8-3-1-2-4-9(8)13-6-5-12-7-13/h1-7H,(H2,11,14). The third-order valence-electron chi connectivity index (χ3n) is 1.95. The van der Waals surface area contributed by atoms with Crippen LogP contribution < -0.4 is 5.73 Å². The molecular formula is C10H9N3O. The quantitative estimate of drug-likeness (QED) is 0.761. The van der Waals surface area contributed by atoms with Crippen LogP contribution >= 0.6 is 0 Å². The second-order valence-corrected chi connectivity index (χ2v) is 2.85. The van der Waals surface area contributed by atoms with Gasteiger partial charge in [-0.25, -0.2) is 4.98 Å². The minimum absolute atomic E-state index is 0.436. The highest BCUT2D eigenvalue weighted by molar-refractivity contribution is 5.96. The number of rotatable bonds is 2. The van der Waals surface area contributed by atoms with Gasteiger partial charge in [0.25, 0.3) is 5.91 Å². The number of primary amides is 1. The molecule has 70 valence electrons. The van der Waals surface area contributed by atoms with Crippen LogP contribution in [0.3, 0.4) is 0 Å². The van der Waals surface area contributed by atoms with Crippen molar-refractivity contribution in [3.05, 3.63) is 48.5 Å². The molecule has 1 aromatic carbocycles. The molecule has 0 radical (unpaired) electrons. The summed E-state index contributed by atoms with van der Waals surface area (Å²) in [6.07, 6.45) is 5.04. The maximum atomic E-state index is 11.1. The Morgan fingerprint density at radius 3 is 2.79 bits per heavy atom. The lowest BCUT2D eigenvalue weighted by Crippen LogP contribution is -2.14. The van der Waals surface area contributed by atoms with E-state index in [0.717, 1.165) is 5.69 Å². The Morgan fingerprint density at radius 2 is 2.14 bits per heavy atom. The zero-order chi connectivity index (χ0) is 9.97. The van der Waals surface area contributed by atoms with Gasteiger partial charge in [-0.15, -0.1) is 0 Å². The van der Waals surface area contributed by atoms with Crippen molar-refractivity contribution in [3.8, 4) is 5.69 Å². The van der Waals surface area contributed by atoms with Crippen LogP contribution in [0.4, 0.5) is 0 Å². The summed E-state index contributed by atoms with van der Waals surface area (Å²) in [6.45, 7) is 0. The second-order valence-electron chi connectivity index (χ2n) is 2.85. The number of nitrogens with two attached hydrogens (primary N) is 1. The second kappa shape index (κ2) is 3.33. The van der Waals surface area contributed by atoms with E-state index in [1.165, 1.54) is 0 Å². The van der Waals surface area contributed by atoms with E-state index < -0.39 is 5.91 Å². The van der Waals surface area contributed by atoms with Crippen LogP contribution in [-0.4, -0.2) is 15.5 Å². The Hall–Kier alpha value is -2.10. The predicted molar refractivity (Wildman–Crippen MR) is 52.1 cm³/mol. The molecule has 2 N–H and O–H groups in total. The van der Waals surface area contributed by atoms with Crippen molar-refractivity contribution in [1.29, 1.82) is 0 Å². The van der Waals surface area contributed by atoms with Crippen molar-refractivity contribution in [1.82, 2.24) is 9.55 Å². The van der Waals surface area contributed by atoms with E-state index in [-0.39, 0.29) is 0 Å². The molecule has 0 saturated carbocycles. The number of imidazole rings is 1. The van der Waals surface area contributed by atoms with Crippen molar-refractivity contribution < 1.29 is 4.79 Å². The third kappa shape index (κ3) is 1.37. The van der Waals surface area contributed by atoms with Gasteiger partial charge in [-0.2, -0.15) is 0 Å². The van der Waals surface area contributed by atoms with E-state index in [4.69, 9.17) is 5.73 Å².